The quantitative estimate of drug-likeness (QED) is 0.701. The molecule has 0 aliphatic carbocycles. The van der Waals surface area contributed by atoms with Gasteiger partial charge in [0.1, 0.15) is 0 Å². The molecule has 0 aromatic heterocycles. The highest BCUT2D eigenvalue weighted by Crippen LogP contribution is 2.32. The second kappa shape index (κ2) is 9.28. The second-order valence-electron chi connectivity index (χ2n) is 5.80. The predicted octanol–water partition coefficient (Wildman–Crippen LogP) is 4.77. The number of benzene rings is 2. The molecule has 0 bridgehead atoms. The van der Waals surface area contributed by atoms with E-state index in [4.69, 9.17) is 9.47 Å². The first kappa shape index (κ1) is 19.0. The van der Waals surface area contributed by atoms with Crippen LogP contribution in [0.2, 0.25) is 0 Å². The molecule has 1 aliphatic rings. The number of amides is 1. The highest BCUT2D eigenvalue weighted by Gasteiger charge is 2.24. The molecule has 0 radical (unpaired) electrons. The minimum absolute atomic E-state index is 0.154. The van der Waals surface area contributed by atoms with Crippen molar-refractivity contribution in [2.45, 2.75) is 20.3 Å². The van der Waals surface area contributed by atoms with Crippen LogP contribution in [0.15, 0.2) is 58.4 Å². The first-order valence-electron chi connectivity index (χ1n) is 8.94. The predicted molar refractivity (Wildman–Crippen MR) is 111 cm³/mol. The molecule has 2 aromatic carbocycles. The monoisotopic (exact) mass is 382 g/mol. The molecule has 1 amide bonds. The standard InChI is InChI=1S/C21H22N2O3S/c1-3-12-26-17-11-10-15(13-18(17)25-4-2)14-19-20(24)23-21(27-19)22-16-8-6-5-7-9-16/h5-11,13-14H,3-4,12H2,1-2H3,(H,22,23,24)/b19-14-. The summed E-state index contributed by atoms with van der Waals surface area (Å²) in [4.78, 5) is 17.3. The Morgan fingerprint density at radius 3 is 2.63 bits per heavy atom. The molecular formula is C21H22N2O3S. The van der Waals surface area contributed by atoms with Gasteiger partial charge in [-0.25, -0.2) is 4.99 Å². The van der Waals surface area contributed by atoms with Gasteiger partial charge in [-0.15, -0.1) is 0 Å². The summed E-state index contributed by atoms with van der Waals surface area (Å²) in [6, 6.07) is 15.2. The zero-order chi connectivity index (χ0) is 19.1. The summed E-state index contributed by atoms with van der Waals surface area (Å²) >= 11 is 1.32. The molecule has 27 heavy (non-hydrogen) atoms. The molecule has 0 unspecified atom stereocenters. The summed E-state index contributed by atoms with van der Waals surface area (Å²) in [5, 5.41) is 3.38. The van der Waals surface area contributed by atoms with Gasteiger partial charge in [0.15, 0.2) is 16.7 Å². The number of hydrogen-bond acceptors (Lipinski definition) is 5. The van der Waals surface area contributed by atoms with E-state index in [2.05, 4.69) is 17.2 Å². The number of rotatable bonds is 7. The SMILES string of the molecule is CCCOc1ccc(/C=C2\SC(=Nc3ccccc3)NC2=O)cc1OCC. The van der Waals surface area contributed by atoms with Crippen molar-refractivity contribution in [2.75, 3.05) is 13.2 Å². The van der Waals surface area contributed by atoms with Crippen LogP contribution >= 0.6 is 11.8 Å². The Balaban J connectivity index is 1.80. The topological polar surface area (TPSA) is 59.9 Å². The average molecular weight is 382 g/mol. The minimum atomic E-state index is -0.154. The summed E-state index contributed by atoms with van der Waals surface area (Å²) in [7, 11) is 0. The highest BCUT2D eigenvalue weighted by molar-refractivity contribution is 8.18. The highest BCUT2D eigenvalue weighted by atomic mass is 32.2. The molecule has 0 saturated carbocycles. The van der Waals surface area contributed by atoms with Crippen molar-refractivity contribution in [1.82, 2.24) is 5.32 Å². The number of aliphatic imine (C=N–C) groups is 1. The molecule has 1 heterocycles. The average Bonchev–Trinajstić information content (AvgIpc) is 3.01. The Hall–Kier alpha value is -2.73. The summed E-state index contributed by atoms with van der Waals surface area (Å²) in [5.74, 6) is 1.25. The fraction of sp³-hybridized carbons (Fsp3) is 0.238. The van der Waals surface area contributed by atoms with E-state index in [9.17, 15) is 4.79 Å². The van der Waals surface area contributed by atoms with Crippen LogP contribution < -0.4 is 14.8 Å². The third-order valence-electron chi connectivity index (χ3n) is 3.66. The van der Waals surface area contributed by atoms with Crippen molar-refractivity contribution in [1.29, 1.82) is 0 Å². The summed E-state index contributed by atoms with van der Waals surface area (Å²) in [6.45, 7) is 5.18. The molecular weight excluding hydrogens is 360 g/mol. The maximum absolute atomic E-state index is 12.3. The molecule has 2 aromatic rings. The summed E-state index contributed by atoms with van der Waals surface area (Å²) in [5.41, 5.74) is 1.68. The molecule has 1 aliphatic heterocycles. The fourth-order valence-corrected chi connectivity index (χ4v) is 3.31. The zero-order valence-electron chi connectivity index (χ0n) is 15.4. The lowest BCUT2D eigenvalue weighted by Gasteiger charge is -2.12. The molecule has 140 valence electrons. The van der Waals surface area contributed by atoms with Crippen molar-refractivity contribution in [3.05, 3.63) is 59.0 Å². The first-order chi connectivity index (χ1) is 13.2. The van der Waals surface area contributed by atoms with E-state index in [0.29, 0.717) is 29.0 Å². The number of carbonyl (C=O) groups excluding carboxylic acids is 1. The summed E-state index contributed by atoms with van der Waals surface area (Å²) < 4.78 is 11.4. The Bertz CT molecular complexity index is 863. The Morgan fingerprint density at radius 2 is 1.89 bits per heavy atom. The molecule has 0 spiro atoms. The third kappa shape index (κ3) is 5.14. The molecule has 1 saturated heterocycles. The fourth-order valence-electron chi connectivity index (χ4n) is 2.47. The zero-order valence-corrected chi connectivity index (χ0v) is 16.2. The van der Waals surface area contributed by atoms with Gasteiger partial charge < -0.3 is 14.8 Å². The Labute approximate surface area is 163 Å². The van der Waals surface area contributed by atoms with E-state index in [0.717, 1.165) is 23.4 Å². The van der Waals surface area contributed by atoms with Crippen molar-refractivity contribution in [3.63, 3.8) is 0 Å². The van der Waals surface area contributed by atoms with Gasteiger partial charge in [-0.2, -0.15) is 0 Å². The molecule has 5 nitrogen and oxygen atoms in total. The molecule has 3 rings (SSSR count). The van der Waals surface area contributed by atoms with Gasteiger partial charge in [0.25, 0.3) is 5.91 Å². The Kier molecular flexibility index (Phi) is 6.54. The van der Waals surface area contributed by atoms with Gasteiger partial charge in [0.2, 0.25) is 0 Å². The van der Waals surface area contributed by atoms with E-state index in [1.807, 2.05) is 61.5 Å². The van der Waals surface area contributed by atoms with Gasteiger partial charge in [-0.05, 0) is 61.0 Å². The van der Waals surface area contributed by atoms with Gasteiger partial charge in [-0.1, -0.05) is 31.2 Å². The number of para-hydroxylation sites is 1. The molecule has 0 atom stereocenters. The van der Waals surface area contributed by atoms with Gasteiger partial charge in [-0.3, -0.25) is 4.79 Å². The van der Waals surface area contributed by atoms with Crippen molar-refractivity contribution in [3.8, 4) is 11.5 Å². The van der Waals surface area contributed by atoms with E-state index in [-0.39, 0.29) is 5.91 Å². The van der Waals surface area contributed by atoms with Crippen LogP contribution in [0, 0.1) is 0 Å². The van der Waals surface area contributed by atoms with E-state index < -0.39 is 0 Å². The van der Waals surface area contributed by atoms with Crippen molar-refractivity contribution >= 4 is 34.6 Å². The van der Waals surface area contributed by atoms with Crippen molar-refractivity contribution in [2.24, 2.45) is 4.99 Å². The molecule has 1 fully saturated rings. The van der Waals surface area contributed by atoms with E-state index >= 15 is 0 Å². The maximum atomic E-state index is 12.3. The minimum Gasteiger partial charge on any atom is -0.490 e. The summed E-state index contributed by atoms with van der Waals surface area (Å²) in [6.07, 6.45) is 2.76. The largest absolute Gasteiger partial charge is 0.490 e. The number of thioether (sulfide) groups is 1. The number of nitrogens with zero attached hydrogens (tertiary/aromatic N) is 1. The van der Waals surface area contributed by atoms with Gasteiger partial charge in [0, 0.05) is 0 Å². The van der Waals surface area contributed by atoms with E-state index in [1.54, 1.807) is 0 Å². The van der Waals surface area contributed by atoms with Crippen LogP contribution in [0.25, 0.3) is 6.08 Å². The lowest BCUT2D eigenvalue weighted by atomic mass is 10.2. The van der Waals surface area contributed by atoms with Crippen LogP contribution in [0.5, 0.6) is 11.5 Å². The number of hydrogen-bond donors (Lipinski definition) is 1. The number of nitrogens with one attached hydrogen (secondary N) is 1. The second-order valence-corrected chi connectivity index (χ2v) is 6.84. The number of amidine groups is 1. The first-order valence-corrected chi connectivity index (χ1v) is 9.75. The Morgan fingerprint density at radius 1 is 1.07 bits per heavy atom. The maximum Gasteiger partial charge on any atom is 0.264 e. The third-order valence-corrected chi connectivity index (χ3v) is 4.57. The van der Waals surface area contributed by atoms with Crippen LogP contribution in [-0.4, -0.2) is 24.3 Å². The van der Waals surface area contributed by atoms with Crippen molar-refractivity contribution < 1.29 is 14.3 Å². The van der Waals surface area contributed by atoms with Crippen LogP contribution in [0.1, 0.15) is 25.8 Å². The van der Waals surface area contributed by atoms with E-state index in [1.165, 1.54) is 11.8 Å². The molecule has 6 heteroatoms. The lowest BCUT2D eigenvalue weighted by Crippen LogP contribution is -2.19. The number of ether oxygens (including phenoxy) is 2. The van der Waals surface area contributed by atoms with Gasteiger partial charge in [0.05, 0.1) is 23.8 Å². The van der Waals surface area contributed by atoms with Crippen LogP contribution in [0.4, 0.5) is 5.69 Å². The normalized spacial score (nSPS) is 16.6. The lowest BCUT2D eigenvalue weighted by molar-refractivity contribution is -0.115. The van der Waals surface area contributed by atoms with Crippen LogP contribution in [0.3, 0.4) is 0 Å². The van der Waals surface area contributed by atoms with Gasteiger partial charge >= 0.3 is 0 Å². The smallest absolute Gasteiger partial charge is 0.264 e. The number of carbonyl (C=O) groups is 1. The molecule has 1 N–H and O–H groups in total. The van der Waals surface area contributed by atoms with Crippen LogP contribution in [-0.2, 0) is 4.79 Å².